The summed E-state index contributed by atoms with van der Waals surface area (Å²) in [4.78, 5) is 26.1. The van der Waals surface area contributed by atoms with Gasteiger partial charge in [0.25, 0.3) is 0 Å². The van der Waals surface area contributed by atoms with Crippen molar-refractivity contribution >= 4 is 28.3 Å². The van der Waals surface area contributed by atoms with Gasteiger partial charge >= 0.3 is 0 Å². The quantitative estimate of drug-likeness (QED) is 0.830. The van der Waals surface area contributed by atoms with Gasteiger partial charge in [-0.3, -0.25) is 14.5 Å². The van der Waals surface area contributed by atoms with Crippen LogP contribution in [0.2, 0.25) is 0 Å². The average Bonchev–Trinajstić information content (AvgIpc) is 3.15. The van der Waals surface area contributed by atoms with Crippen molar-refractivity contribution in [2.45, 2.75) is 31.9 Å². The predicted molar refractivity (Wildman–Crippen MR) is 83.1 cm³/mol. The Kier molecular flexibility index (Phi) is 5.19. The summed E-state index contributed by atoms with van der Waals surface area (Å²) in [7, 11) is 1.58. The van der Waals surface area contributed by atoms with Gasteiger partial charge in [0.05, 0.1) is 5.92 Å². The number of rotatable bonds is 5. The van der Waals surface area contributed by atoms with E-state index in [1.54, 1.807) is 12.0 Å². The summed E-state index contributed by atoms with van der Waals surface area (Å²) in [5.74, 6) is -0.480. The van der Waals surface area contributed by atoms with Crippen LogP contribution >= 0.6 is 11.3 Å². The van der Waals surface area contributed by atoms with E-state index in [4.69, 9.17) is 9.47 Å². The van der Waals surface area contributed by atoms with Crippen LogP contribution in [0.15, 0.2) is 0 Å². The van der Waals surface area contributed by atoms with E-state index >= 15 is 0 Å². The number of hydrogen-bond acceptors (Lipinski definition) is 7. The lowest BCUT2D eigenvalue weighted by Gasteiger charge is -2.24. The number of anilines is 1. The van der Waals surface area contributed by atoms with Crippen LogP contribution in [-0.4, -0.2) is 54.9 Å². The molecule has 3 heterocycles. The molecule has 2 fully saturated rings. The third kappa shape index (κ3) is 3.85. The molecule has 0 radical (unpaired) electrons. The van der Waals surface area contributed by atoms with Crippen molar-refractivity contribution in [3.05, 3.63) is 5.01 Å². The third-order valence-electron chi connectivity index (χ3n) is 4.02. The molecule has 9 heteroatoms. The molecule has 126 valence electrons. The molecule has 0 aliphatic carbocycles. The molecule has 0 bridgehead atoms. The Morgan fingerprint density at radius 2 is 2.22 bits per heavy atom. The summed E-state index contributed by atoms with van der Waals surface area (Å²) in [5.41, 5.74) is 0. The van der Waals surface area contributed by atoms with Crippen LogP contribution in [0.25, 0.3) is 0 Å². The summed E-state index contributed by atoms with van der Waals surface area (Å²) in [6.45, 7) is 2.07. The van der Waals surface area contributed by atoms with Crippen molar-refractivity contribution in [2.75, 3.05) is 31.8 Å². The molecule has 1 aromatic heterocycles. The molecule has 2 saturated heterocycles. The van der Waals surface area contributed by atoms with Crippen LogP contribution in [-0.2, 0) is 25.7 Å². The van der Waals surface area contributed by atoms with E-state index in [9.17, 15) is 9.59 Å². The van der Waals surface area contributed by atoms with Crippen LogP contribution in [0, 0.1) is 5.92 Å². The Morgan fingerprint density at radius 1 is 1.43 bits per heavy atom. The largest absolute Gasteiger partial charge is 0.381 e. The van der Waals surface area contributed by atoms with Gasteiger partial charge in [-0.25, -0.2) is 0 Å². The number of amides is 2. The second-order valence-corrected chi connectivity index (χ2v) is 6.75. The highest BCUT2D eigenvalue weighted by atomic mass is 32.1. The number of ether oxygens (including phenoxy) is 2. The van der Waals surface area contributed by atoms with Crippen molar-refractivity contribution in [3.63, 3.8) is 0 Å². The number of nitrogens with one attached hydrogen (secondary N) is 1. The Balaban J connectivity index is 1.58. The summed E-state index contributed by atoms with van der Waals surface area (Å²) in [6, 6.07) is 0.148. The van der Waals surface area contributed by atoms with Gasteiger partial charge in [-0.05, 0) is 12.8 Å². The van der Waals surface area contributed by atoms with Crippen LogP contribution in [0.5, 0.6) is 0 Å². The van der Waals surface area contributed by atoms with Crippen molar-refractivity contribution < 1.29 is 19.1 Å². The lowest BCUT2D eigenvalue weighted by atomic mass is 10.0. The number of nitrogens with zero attached hydrogens (tertiary/aromatic N) is 3. The maximum atomic E-state index is 12.4. The third-order valence-corrected chi connectivity index (χ3v) is 4.94. The zero-order valence-corrected chi connectivity index (χ0v) is 13.8. The molecule has 0 spiro atoms. The van der Waals surface area contributed by atoms with E-state index in [1.165, 1.54) is 11.3 Å². The first-order valence-electron chi connectivity index (χ1n) is 7.67. The normalized spacial score (nSPS) is 22.6. The lowest BCUT2D eigenvalue weighted by molar-refractivity contribution is -0.127. The topological polar surface area (TPSA) is 93.7 Å². The highest BCUT2D eigenvalue weighted by Crippen LogP contribution is 2.28. The summed E-state index contributed by atoms with van der Waals surface area (Å²) in [5, 5.41) is 12.3. The zero-order chi connectivity index (χ0) is 16.2. The maximum Gasteiger partial charge on any atom is 0.229 e. The second kappa shape index (κ2) is 7.33. The Bertz CT molecular complexity index is 573. The van der Waals surface area contributed by atoms with Gasteiger partial charge in [0, 0.05) is 39.3 Å². The van der Waals surface area contributed by atoms with Gasteiger partial charge in [0.15, 0.2) is 0 Å². The molecule has 1 unspecified atom stereocenters. The highest BCUT2D eigenvalue weighted by Gasteiger charge is 2.37. The molecule has 8 nitrogen and oxygen atoms in total. The first kappa shape index (κ1) is 16.3. The highest BCUT2D eigenvalue weighted by molar-refractivity contribution is 7.15. The number of aromatic nitrogens is 2. The summed E-state index contributed by atoms with van der Waals surface area (Å²) in [6.07, 6.45) is 1.87. The minimum Gasteiger partial charge on any atom is -0.381 e. The van der Waals surface area contributed by atoms with Gasteiger partial charge in [-0.2, -0.15) is 0 Å². The monoisotopic (exact) mass is 340 g/mol. The summed E-state index contributed by atoms with van der Waals surface area (Å²) >= 11 is 1.32. The van der Waals surface area contributed by atoms with Gasteiger partial charge < -0.3 is 14.8 Å². The maximum absolute atomic E-state index is 12.4. The Morgan fingerprint density at radius 3 is 2.96 bits per heavy atom. The average molecular weight is 340 g/mol. The standard InChI is InChI=1S/C14H20N4O4S/c1-21-8-11-16-17-14(23-11)18-7-9(6-12(18)19)13(20)15-10-2-4-22-5-3-10/h9-10H,2-8H2,1H3,(H,15,20). The molecule has 2 aliphatic heterocycles. The van der Waals surface area contributed by atoms with Crippen molar-refractivity contribution in [1.29, 1.82) is 0 Å². The first-order chi connectivity index (χ1) is 11.2. The van der Waals surface area contributed by atoms with E-state index in [1.807, 2.05) is 0 Å². The molecule has 2 amide bonds. The zero-order valence-electron chi connectivity index (χ0n) is 13.0. The second-order valence-electron chi connectivity index (χ2n) is 5.71. The van der Waals surface area contributed by atoms with Crippen molar-refractivity contribution in [2.24, 2.45) is 5.92 Å². The fraction of sp³-hybridized carbons (Fsp3) is 0.714. The van der Waals surface area contributed by atoms with Crippen molar-refractivity contribution in [3.8, 4) is 0 Å². The predicted octanol–water partition coefficient (Wildman–Crippen LogP) is 0.333. The van der Waals surface area contributed by atoms with E-state index in [0.29, 0.717) is 36.5 Å². The Hall–Kier alpha value is -1.58. The smallest absolute Gasteiger partial charge is 0.229 e. The minimum absolute atomic E-state index is 0.0608. The van der Waals surface area contributed by atoms with E-state index in [0.717, 1.165) is 12.8 Å². The van der Waals surface area contributed by atoms with E-state index < -0.39 is 0 Å². The van der Waals surface area contributed by atoms with Gasteiger partial charge in [0.2, 0.25) is 16.9 Å². The van der Waals surface area contributed by atoms with Gasteiger partial charge in [0.1, 0.15) is 11.6 Å². The fourth-order valence-electron chi connectivity index (χ4n) is 2.76. The Labute approximate surface area is 138 Å². The summed E-state index contributed by atoms with van der Waals surface area (Å²) < 4.78 is 10.3. The molecule has 0 aromatic carbocycles. The van der Waals surface area contributed by atoms with Crippen LogP contribution in [0.4, 0.5) is 5.13 Å². The molecular formula is C14H20N4O4S. The fourth-order valence-corrected chi connectivity index (χ4v) is 3.60. The number of carbonyl (C=O) groups is 2. The minimum atomic E-state index is -0.333. The van der Waals surface area contributed by atoms with E-state index in [-0.39, 0.29) is 30.2 Å². The molecule has 23 heavy (non-hydrogen) atoms. The van der Waals surface area contributed by atoms with Gasteiger partial charge in [-0.15, -0.1) is 10.2 Å². The molecule has 2 aliphatic rings. The molecule has 1 atom stereocenters. The van der Waals surface area contributed by atoms with Crippen LogP contribution in [0.3, 0.4) is 0 Å². The molecule has 3 rings (SSSR count). The number of methoxy groups -OCH3 is 1. The van der Waals surface area contributed by atoms with Crippen molar-refractivity contribution in [1.82, 2.24) is 15.5 Å². The molecule has 0 saturated carbocycles. The molecule has 1 N–H and O–H groups in total. The molecular weight excluding hydrogens is 320 g/mol. The molecule has 1 aromatic rings. The van der Waals surface area contributed by atoms with Crippen LogP contribution in [0.1, 0.15) is 24.3 Å². The van der Waals surface area contributed by atoms with Gasteiger partial charge in [-0.1, -0.05) is 11.3 Å². The SMILES string of the molecule is COCc1nnc(N2CC(C(=O)NC3CCOCC3)CC2=O)s1. The first-order valence-corrected chi connectivity index (χ1v) is 8.49. The number of carbonyl (C=O) groups excluding carboxylic acids is 2. The number of hydrogen-bond donors (Lipinski definition) is 1. The van der Waals surface area contributed by atoms with E-state index in [2.05, 4.69) is 15.5 Å². The van der Waals surface area contributed by atoms with Crippen LogP contribution < -0.4 is 10.2 Å². The lowest BCUT2D eigenvalue weighted by Crippen LogP contribution is -2.42.